The standard InChI is InChI=1S/C16H29N3/c1-5-7-10-17-16-18-12(3)11-19(16)15-9-8-14(6-2)13(15)4/h11,13-15H,5-10H2,1-4H3,(H,17,18). The third-order valence-electron chi connectivity index (χ3n) is 4.73. The van der Waals surface area contributed by atoms with Crippen LogP contribution in [-0.4, -0.2) is 16.1 Å². The molecular weight excluding hydrogens is 234 g/mol. The van der Waals surface area contributed by atoms with E-state index in [1.807, 2.05) is 0 Å². The minimum atomic E-state index is 0.635. The molecule has 0 spiro atoms. The average Bonchev–Trinajstić information content (AvgIpc) is 2.93. The van der Waals surface area contributed by atoms with E-state index in [2.05, 4.69) is 48.8 Å². The predicted molar refractivity (Wildman–Crippen MR) is 81.6 cm³/mol. The first-order valence-corrected chi connectivity index (χ1v) is 7.96. The van der Waals surface area contributed by atoms with Crippen molar-refractivity contribution in [2.75, 3.05) is 11.9 Å². The van der Waals surface area contributed by atoms with Gasteiger partial charge in [0.15, 0.2) is 0 Å². The van der Waals surface area contributed by atoms with Crippen LogP contribution in [0.5, 0.6) is 0 Å². The smallest absolute Gasteiger partial charge is 0.203 e. The maximum atomic E-state index is 4.66. The Morgan fingerprint density at radius 2 is 2.16 bits per heavy atom. The molecule has 0 aliphatic heterocycles. The van der Waals surface area contributed by atoms with Gasteiger partial charge in [-0.3, -0.25) is 0 Å². The molecule has 0 saturated heterocycles. The molecule has 3 heteroatoms. The van der Waals surface area contributed by atoms with Crippen LogP contribution >= 0.6 is 0 Å². The van der Waals surface area contributed by atoms with E-state index in [0.29, 0.717) is 6.04 Å². The van der Waals surface area contributed by atoms with Gasteiger partial charge in [0.1, 0.15) is 0 Å². The summed E-state index contributed by atoms with van der Waals surface area (Å²) in [5, 5.41) is 3.52. The van der Waals surface area contributed by atoms with Crippen molar-refractivity contribution in [2.24, 2.45) is 11.8 Å². The zero-order chi connectivity index (χ0) is 13.8. The summed E-state index contributed by atoms with van der Waals surface area (Å²) in [6, 6.07) is 0.635. The molecule has 0 bridgehead atoms. The molecule has 108 valence electrons. The second-order valence-corrected chi connectivity index (χ2v) is 6.07. The van der Waals surface area contributed by atoms with Gasteiger partial charge in [0.2, 0.25) is 5.95 Å². The van der Waals surface area contributed by atoms with Crippen molar-refractivity contribution in [2.45, 2.75) is 65.8 Å². The molecule has 0 amide bonds. The average molecular weight is 263 g/mol. The summed E-state index contributed by atoms with van der Waals surface area (Å²) >= 11 is 0. The third-order valence-corrected chi connectivity index (χ3v) is 4.73. The fourth-order valence-electron chi connectivity index (χ4n) is 3.47. The van der Waals surface area contributed by atoms with E-state index >= 15 is 0 Å². The Balaban J connectivity index is 2.11. The summed E-state index contributed by atoms with van der Waals surface area (Å²) in [7, 11) is 0. The van der Waals surface area contributed by atoms with Gasteiger partial charge in [0.05, 0.1) is 5.69 Å². The van der Waals surface area contributed by atoms with E-state index in [-0.39, 0.29) is 0 Å². The summed E-state index contributed by atoms with van der Waals surface area (Å²) in [4.78, 5) is 4.66. The molecule has 3 unspecified atom stereocenters. The fraction of sp³-hybridized carbons (Fsp3) is 0.812. The fourth-order valence-corrected chi connectivity index (χ4v) is 3.47. The Bertz CT molecular complexity index is 397. The van der Waals surface area contributed by atoms with Gasteiger partial charge in [-0.25, -0.2) is 4.98 Å². The maximum absolute atomic E-state index is 4.66. The molecule has 1 aromatic rings. The van der Waals surface area contributed by atoms with Crippen LogP contribution in [0.3, 0.4) is 0 Å². The number of aryl methyl sites for hydroxylation is 1. The van der Waals surface area contributed by atoms with Crippen LogP contribution in [0.25, 0.3) is 0 Å². The van der Waals surface area contributed by atoms with Crippen LogP contribution in [0.1, 0.15) is 64.6 Å². The number of imidazole rings is 1. The number of nitrogens with one attached hydrogen (secondary N) is 1. The minimum absolute atomic E-state index is 0.635. The number of nitrogens with zero attached hydrogens (tertiary/aromatic N) is 2. The second-order valence-electron chi connectivity index (χ2n) is 6.07. The highest BCUT2D eigenvalue weighted by Gasteiger charge is 2.33. The second kappa shape index (κ2) is 6.44. The van der Waals surface area contributed by atoms with E-state index in [0.717, 1.165) is 30.0 Å². The summed E-state index contributed by atoms with van der Waals surface area (Å²) in [5.74, 6) is 2.74. The largest absolute Gasteiger partial charge is 0.356 e. The van der Waals surface area contributed by atoms with E-state index in [9.17, 15) is 0 Å². The number of hydrogen-bond acceptors (Lipinski definition) is 2. The molecule has 1 saturated carbocycles. The van der Waals surface area contributed by atoms with Crippen molar-refractivity contribution in [3.63, 3.8) is 0 Å². The summed E-state index contributed by atoms with van der Waals surface area (Å²) in [5.41, 5.74) is 1.13. The van der Waals surface area contributed by atoms with Gasteiger partial charge in [-0.05, 0) is 38.0 Å². The zero-order valence-corrected chi connectivity index (χ0v) is 12.9. The van der Waals surface area contributed by atoms with Gasteiger partial charge in [0, 0.05) is 18.8 Å². The highest BCUT2D eigenvalue weighted by atomic mass is 15.2. The molecule has 3 nitrogen and oxygen atoms in total. The third kappa shape index (κ3) is 3.13. The van der Waals surface area contributed by atoms with Gasteiger partial charge >= 0.3 is 0 Å². The van der Waals surface area contributed by atoms with E-state index in [1.54, 1.807) is 0 Å². The molecule has 1 aliphatic carbocycles. The zero-order valence-electron chi connectivity index (χ0n) is 12.9. The lowest BCUT2D eigenvalue weighted by Crippen LogP contribution is -2.18. The molecular formula is C16H29N3. The van der Waals surface area contributed by atoms with Crippen LogP contribution in [0.2, 0.25) is 0 Å². The normalized spacial score (nSPS) is 26.8. The van der Waals surface area contributed by atoms with Crippen LogP contribution in [0.15, 0.2) is 6.20 Å². The van der Waals surface area contributed by atoms with E-state index in [4.69, 9.17) is 0 Å². The van der Waals surface area contributed by atoms with Gasteiger partial charge in [-0.1, -0.05) is 33.6 Å². The SMILES string of the molecule is CCCCNc1nc(C)cn1C1CCC(CC)C1C. The van der Waals surface area contributed by atoms with Crippen LogP contribution in [0.4, 0.5) is 5.95 Å². The monoisotopic (exact) mass is 263 g/mol. The van der Waals surface area contributed by atoms with Gasteiger partial charge in [0.25, 0.3) is 0 Å². The molecule has 0 radical (unpaired) electrons. The number of rotatable bonds is 6. The number of aromatic nitrogens is 2. The van der Waals surface area contributed by atoms with Crippen molar-refractivity contribution in [1.82, 2.24) is 9.55 Å². The highest BCUT2D eigenvalue weighted by molar-refractivity contribution is 5.30. The molecule has 19 heavy (non-hydrogen) atoms. The van der Waals surface area contributed by atoms with Crippen LogP contribution in [-0.2, 0) is 0 Å². The highest BCUT2D eigenvalue weighted by Crippen LogP contribution is 2.42. The Morgan fingerprint density at radius 1 is 1.37 bits per heavy atom. The summed E-state index contributed by atoms with van der Waals surface area (Å²) < 4.78 is 2.41. The topological polar surface area (TPSA) is 29.9 Å². The first-order chi connectivity index (χ1) is 9.17. The van der Waals surface area contributed by atoms with Gasteiger partial charge in [-0.15, -0.1) is 0 Å². The quantitative estimate of drug-likeness (QED) is 0.771. The lowest BCUT2D eigenvalue weighted by molar-refractivity contribution is 0.331. The Labute approximate surface area is 117 Å². The Hall–Kier alpha value is -0.990. The van der Waals surface area contributed by atoms with Crippen LogP contribution < -0.4 is 5.32 Å². The lowest BCUT2D eigenvalue weighted by Gasteiger charge is -2.23. The lowest BCUT2D eigenvalue weighted by atomic mass is 9.93. The molecule has 0 aromatic carbocycles. The van der Waals surface area contributed by atoms with Gasteiger partial charge < -0.3 is 9.88 Å². The first-order valence-electron chi connectivity index (χ1n) is 7.96. The minimum Gasteiger partial charge on any atom is -0.356 e. The van der Waals surface area contributed by atoms with Crippen molar-refractivity contribution in [1.29, 1.82) is 0 Å². The molecule has 1 heterocycles. The number of unbranched alkanes of at least 4 members (excludes halogenated alkanes) is 1. The maximum Gasteiger partial charge on any atom is 0.203 e. The molecule has 2 rings (SSSR count). The molecule has 1 aliphatic rings. The van der Waals surface area contributed by atoms with Crippen molar-refractivity contribution in [3.05, 3.63) is 11.9 Å². The van der Waals surface area contributed by atoms with E-state index < -0.39 is 0 Å². The van der Waals surface area contributed by atoms with Crippen molar-refractivity contribution >= 4 is 5.95 Å². The Morgan fingerprint density at radius 3 is 2.79 bits per heavy atom. The molecule has 1 N–H and O–H groups in total. The molecule has 1 fully saturated rings. The van der Waals surface area contributed by atoms with Gasteiger partial charge in [-0.2, -0.15) is 0 Å². The van der Waals surface area contributed by atoms with Crippen molar-refractivity contribution in [3.8, 4) is 0 Å². The summed E-state index contributed by atoms with van der Waals surface area (Å²) in [6.45, 7) is 10.1. The van der Waals surface area contributed by atoms with E-state index in [1.165, 1.54) is 32.1 Å². The number of anilines is 1. The first kappa shape index (κ1) is 14.4. The van der Waals surface area contributed by atoms with Crippen molar-refractivity contribution < 1.29 is 0 Å². The number of hydrogen-bond donors (Lipinski definition) is 1. The summed E-state index contributed by atoms with van der Waals surface area (Å²) in [6.07, 6.45) is 8.65. The molecule has 1 aromatic heterocycles. The predicted octanol–water partition coefficient (Wildman–Crippen LogP) is 4.40. The Kier molecular flexibility index (Phi) is 4.89. The van der Waals surface area contributed by atoms with Crippen LogP contribution in [0, 0.1) is 18.8 Å². The molecule has 3 atom stereocenters.